The molecule has 1 spiro atoms. The molecule has 1 aliphatic carbocycles. The molecule has 1 saturated heterocycles. The van der Waals surface area contributed by atoms with E-state index in [9.17, 15) is 4.39 Å². The first kappa shape index (κ1) is 24.0. The molecule has 6 rings (SSSR count). The average Bonchev–Trinajstić information content (AvgIpc) is 3.42. The summed E-state index contributed by atoms with van der Waals surface area (Å²) in [5.74, 6) is 0.813. The molecule has 0 N–H and O–H groups in total. The van der Waals surface area contributed by atoms with Gasteiger partial charge < -0.3 is 9.42 Å². The molecule has 2 aliphatic rings. The van der Waals surface area contributed by atoms with Crippen molar-refractivity contribution in [2.24, 2.45) is 5.41 Å². The number of halogens is 3. The minimum Gasteiger partial charge on any atom is -0.360 e. The van der Waals surface area contributed by atoms with Crippen molar-refractivity contribution in [2.45, 2.75) is 46.0 Å². The smallest absolute Gasteiger partial charge is 0.186 e. The summed E-state index contributed by atoms with van der Waals surface area (Å²) in [5.41, 5.74) is 5.28. The maximum absolute atomic E-state index is 14.4. The number of aromatic nitrogens is 2. The standard InChI is InChI=1S/C28H26Cl2FN3OS/c1-15(2)26-22(25(33-35-26)23-18(29)5-4-6-19(23)30)17-13-28(14-17)7-9-34(10-8-28)27-32-24-20(31)11-16(3)12-21(24)36-27/h4-6,11-13,15H,7-10,14H2,1-3H3. The van der Waals surface area contributed by atoms with Crippen LogP contribution in [0.1, 0.15) is 55.9 Å². The summed E-state index contributed by atoms with van der Waals surface area (Å²) in [6.07, 6.45) is 5.42. The Kier molecular flexibility index (Phi) is 5.90. The lowest BCUT2D eigenvalue weighted by atomic mass is 9.63. The van der Waals surface area contributed by atoms with Gasteiger partial charge in [0.25, 0.3) is 0 Å². The van der Waals surface area contributed by atoms with Gasteiger partial charge in [-0.25, -0.2) is 9.37 Å². The molecule has 36 heavy (non-hydrogen) atoms. The highest BCUT2D eigenvalue weighted by Crippen LogP contribution is 2.54. The summed E-state index contributed by atoms with van der Waals surface area (Å²) in [6.45, 7) is 7.93. The highest BCUT2D eigenvalue weighted by atomic mass is 35.5. The van der Waals surface area contributed by atoms with E-state index in [0.717, 1.165) is 70.3 Å². The van der Waals surface area contributed by atoms with Gasteiger partial charge in [-0.15, -0.1) is 0 Å². The number of hydrogen-bond donors (Lipinski definition) is 0. The zero-order valence-electron chi connectivity index (χ0n) is 20.4. The zero-order valence-corrected chi connectivity index (χ0v) is 22.7. The van der Waals surface area contributed by atoms with Crippen molar-refractivity contribution in [3.05, 3.63) is 69.2 Å². The number of hydrogen-bond acceptors (Lipinski definition) is 5. The lowest BCUT2D eigenvalue weighted by molar-refractivity contribution is 0.277. The minimum absolute atomic E-state index is 0.150. The van der Waals surface area contributed by atoms with Gasteiger partial charge in [0.1, 0.15) is 17.0 Å². The number of anilines is 1. The molecule has 4 aromatic rings. The predicted octanol–water partition coefficient (Wildman–Crippen LogP) is 8.90. The minimum atomic E-state index is -0.239. The molecule has 0 radical (unpaired) electrons. The lowest BCUT2D eigenvalue weighted by Crippen LogP contribution is -2.42. The Hall–Kier alpha value is -2.41. The number of aryl methyl sites for hydroxylation is 1. The second kappa shape index (κ2) is 8.86. The average molecular weight is 543 g/mol. The molecular formula is C28H26Cl2FN3OS. The third-order valence-corrected chi connectivity index (χ3v) is 9.09. The maximum atomic E-state index is 14.4. The predicted molar refractivity (Wildman–Crippen MR) is 147 cm³/mol. The molecule has 2 aromatic heterocycles. The first-order valence-corrected chi connectivity index (χ1v) is 13.8. The highest BCUT2D eigenvalue weighted by molar-refractivity contribution is 7.22. The Balaban J connectivity index is 1.27. The van der Waals surface area contributed by atoms with Crippen LogP contribution in [0, 0.1) is 18.2 Å². The van der Waals surface area contributed by atoms with Crippen molar-refractivity contribution in [1.29, 1.82) is 0 Å². The fraction of sp³-hybridized carbons (Fsp3) is 0.357. The Labute approximate surface area is 223 Å². The Morgan fingerprint density at radius 3 is 2.47 bits per heavy atom. The lowest BCUT2D eigenvalue weighted by Gasteiger charge is -2.46. The monoisotopic (exact) mass is 541 g/mol. The van der Waals surface area contributed by atoms with Crippen molar-refractivity contribution in [3.63, 3.8) is 0 Å². The summed E-state index contributed by atoms with van der Waals surface area (Å²) in [5, 5.41) is 6.46. The van der Waals surface area contributed by atoms with Gasteiger partial charge in [-0.1, -0.05) is 65.7 Å². The normalized spacial score (nSPS) is 17.2. The van der Waals surface area contributed by atoms with Crippen LogP contribution in [0.25, 0.3) is 27.0 Å². The van der Waals surface area contributed by atoms with Crippen LogP contribution in [-0.2, 0) is 0 Å². The zero-order chi connectivity index (χ0) is 25.2. The van der Waals surface area contributed by atoms with Gasteiger partial charge in [0.2, 0.25) is 0 Å². The van der Waals surface area contributed by atoms with E-state index in [2.05, 4.69) is 35.0 Å². The van der Waals surface area contributed by atoms with Crippen LogP contribution < -0.4 is 4.90 Å². The van der Waals surface area contributed by atoms with Gasteiger partial charge in [0.15, 0.2) is 10.9 Å². The van der Waals surface area contributed by atoms with Crippen molar-refractivity contribution in [2.75, 3.05) is 18.0 Å². The first-order chi connectivity index (χ1) is 17.2. The number of piperidine rings is 1. The third-order valence-electron chi connectivity index (χ3n) is 7.40. The molecule has 4 nitrogen and oxygen atoms in total. The maximum Gasteiger partial charge on any atom is 0.186 e. The van der Waals surface area contributed by atoms with E-state index in [1.807, 2.05) is 31.2 Å². The van der Waals surface area contributed by atoms with Crippen molar-refractivity contribution in [1.82, 2.24) is 10.1 Å². The van der Waals surface area contributed by atoms with Crippen LogP contribution in [0.15, 0.2) is 40.9 Å². The van der Waals surface area contributed by atoms with Gasteiger partial charge in [-0.05, 0) is 67.0 Å². The fourth-order valence-electron chi connectivity index (χ4n) is 5.49. The molecule has 0 saturated carbocycles. The number of benzene rings is 2. The van der Waals surface area contributed by atoms with Gasteiger partial charge in [0, 0.05) is 30.1 Å². The van der Waals surface area contributed by atoms with E-state index in [1.54, 1.807) is 17.4 Å². The number of fused-ring (bicyclic) bond motifs is 1. The second-order valence-corrected chi connectivity index (χ2v) is 12.1. The molecule has 8 heteroatoms. The summed E-state index contributed by atoms with van der Waals surface area (Å²) >= 11 is 14.6. The summed E-state index contributed by atoms with van der Waals surface area (Å²) in [6, 6.07) is 9.07. The second-order valence-electron chi connectivity index (χ2n) is 10.3. The van der Waals surface area contributed by atoms with Crippen molar-refractivity contribution in [3.8, 4) is 11.3 Å². The Bertz CT molecular complexity index is 1490. The first-order valence-electron chi connectivity index (χ1n) is 12.2. The van der Waals surface area contributed by atoms with Crippen LogP contribution in [0.4, 0.5) is 9.52 Å². The fourth-order valence-corrected chi connectivity index (χ4v) is 7.19. The quantitative estimate of drug-likeness (QED) is 0.258. The molecule has 1 aliphatic heterocycles. The molecule has 1 fully saturated rings. The van der Waals surface area contributed by atoms with Gasteiger partial charge >= 0.3 is 0 Å². The van der Waals surface area contributed by atoms with E-state index < -0.39 is 0 Å². The van der Waals surface area contributed by atoms with E-state index in [1.165, 1.54) is 5.57 Å². The van der Waals surface area contributed by atoms with Gasteiger partial charge in [0.05, 0.1) is 14.7 Å². The summed E-state index contributed by atoms with van der Waals surface area (Å²) in [4.78, 5) is 6.92. The molecular weight excluding hydrogens is 516 g/mol. The van der Waals surface area contributed by atoms with Crippen molar-refractivity contribution >= 4 is 55.5 Å². The third kappa shape index (κ3) is 3.94. The summed E-state index contributed by atoms with van der Waals surface area (Å²) < 4.78 is 21.1. The van der Waals surface area contributed by atoms with Crippen LogP contribution in [-0.4, -0.2) is 23.2 Å². The molecule has 0 bridgehead atoms. The number of allylic oxidation sites excluding steroid dienone is 2. The molecule has 2 aromatic carbocycles. The van der Waals surface area contributed by atoms with E-state index in [0.29, 0.717) is 15.6 Å². The largest absolute Gasteiger partial charge is 0.360 e. The van der Waals surface area contributed by atoms with Gasteiger partial charge in [-0.2, -0.15) is 0 Å². The van der Waals surface area contributed by atoms with E-state index in [4.69, 9.17) is 27.7 Å². The van der Waals surface area contributed by atoms with E-state index in [-0.39, 0.29) is 17.2 Å². The molecule has 0 amide bonds. The Morgan fingerprint density at radius 1 is 1.11 bits per heavy atom. The van der Waals surface area contributed by atoms with Crippen LogP contribution >= 0.6 is 34.5 Å². The Morgan fingerprint density at radius 2 is 1.81 bits per heavy atom. The SMILES string of the molecule is Cc1cc(F)c2nc(N3CCC4(C=C(c5c(-c6c(Cl)cccc6Cl)noc5C(C)C)C4)CC3)sc2c1. The van der Waals surface area contributed by atoms with E-state index >= 15 is 0 Å². The van der Waals surface area contributed by atoms with Crippen LogP contribution in [0.3, 0.4) is 0 Å². The number of nitrogens with zero attached hydrogens (tertiary/aromatic N) is 3. The number of rotatable bonds is 4. The van der Waals surface area contributed by atoms with Crippen LogP contribution in [0.5, 0.6) is 0 Å². The molecule has 0 unspecified atom stereocenters. The van der Waals surface area contributed by atoms with Crippen LogP contribution in [0.2, 0.25) is 10.0 Å². The highest BCUT2D eigenvalue weighted by Gasteiger charge is 2.43. The van der Waals surface area contributed by atoms with Crippen molar-refractivity contribution < 1.29 is 8.91 Å². The van der Waals surface area contributed by atoms with Gasteiger partial charge in [-0.3, -0.25) is 0 Å². The topological polar surface area (TPSA) is 42.2 Å². The summed E-state index contributed by atoms with van der Waals surface area (Å²) in [7, 11) is 0. The molecule has 3 heterocycles. The molecule has 186 valence electrons. The number of thiazole rings is 1. The molecule has 0 atom stereocenters.